The average Bonchev–Trinajstić information content (AvgIpc) is 2.66. The smallest absolute Gasteiger partial charge is 0.309 e. The summed E-state index contributed by atoms with van der Waals surface area (Å²) in [6.07, 6.45) is 3.44. The van der Waals surface area contributed by atoms with E-state index in [4.69, 9.17) is 0 Å². The van der Waals surface area contributed by atoms with Crippen LogP contribution in [0.4, 0.5) is 5.69 Å². The molecule has 0 fully saturated rings. The number of para-hydroxylation sites is 1. The number of carbonyl (C=O) groups excluding carboxylic acids is 3. The van der Waals surface area contributed by atoms with E-state index in [2.05, 4.69) is 10.1 Å². The molecule has 92 valence electrons. The number of rotatable bonds is 3. The van der Waals surface area contributed by atoms with E-state index in [0.29, 0.717) is 16.8 Å². The summed E-state index contributed by atoms with van der Waals surface area (Å²) in [6.45, 7) is 0. The summed E-state index contributed by atoms with van der Waals surface area (Å²) in [7, 11) is 1.31. The van der Waals surface area contributed by atoms with E-state index >= 15 is 0 Å². The third-order valence-electron chi connectivity index (χ3n) is 2.60. The number of amides is 1. The summed E-state index contributed by atoms with van der Waals surface area (Å²) in [5.74, 6) is -1.51. The van der Waals surface area contributed by atoms with Gasteiger partial charge in [-0.05, 0) is 11.6 Å². The molecule has 0 aromatic heterocycles. The molecule has 2 rings (SSSR count). The maximum atomic E-state index is 11.5. The number of methoxy groups -OCH3 is 1. The van der Waals surface area contributed by atoms with Crippen LogP contribution in [0.25, 0.3) is 6.08 Å². The first-order valence-electron chi connectivity index (χ1n) is 5.35. The van der Waals surface area contributed by atoms with Crippen molar-refractivity contribution in [2.45, 2.75) is 6.42 Å². The van der Waals surface area contributed by atoms with E-state index in [1.165, 1.54) is 7.11 Å². The van der Waals surface area contributed by atoms with Gasteiger partial charge in [0.1, 0.15) is 0 Å². The number of hydrogen-bond donors (Lipinski definition) is 1. The number of ether oxygens (including phenoxy) is 1. The van der Waals surface area contributed by atoms with Gasteiger partial charge in [-0.2, -0.15) is 0 Å². The standard InChI is InChI=1S/C13H11NO4/c1-18-10(15)7-3-5-8-4-2-6-9-11(8)14-13(17)12(9)16/h2-6H,7H2,1H3,(H,14,16,17). The number of carbonyl (C=O) groups is 3. The van der Waals surface area contributed by atoms with Crippen molar-refractivity contribution in [3.63, 3.8) is 0 Å². The number of fused-ring (bicyclic) bond motifs is 1. The Morgan fingerprint density at radius 2 is 2.17 bits per heavy atom. The normalized spacial score (nSPS) is 13.6. The fourth-order valence-electron chi connectivity index (χ4n) is 1.70. The van der Waals surface area contributed by atoms with Gasteiger partial charge < -0.3 is 10.1 Å². The van der Waals surface area contributed by atoms with Gasteiger partial charge in [-0.1, -0.05) is 24.3 Å². The molecule has 0 saturated heterocycles. The second kappa shape index (κ2) is 4.83. The molecule has 1 aliphatic rings. The van der Waals surface area contributed by atoms with E-state index in [1.807, 2.05) is 0 Å². The van der Waals surface area contributed by atoms with Gasteiger partial charge in [0.05, 0.1) is 24.8 Å². The molecule has 1 heterocycles. The van der Waals surface area contributed by atoms with Crippen LogP contribution in [0.15, 0.2) is 24.3 Å². The Morgan fingerprint density at radius 1 is 1.39 bits per heavy atom. The minimum absolute atomic E-state index is 0.141. The summed E-state index contributed by atoms with van der Waals surface area (Å²) < 4.78 is 4.50. The fraction of sp³-hybridized carbons (Fsp3) is 0.154. The van der Waals surface area contributed by atoms with Gasteiger partial charge in [0, 0.05) is 0 Å². The molecule has 1 N–H and O–H groups in total. The molecule has 5 nitrogen and oxygen atoms in total. The van der Waals surface area contributed by atoms with Gasteiger partial charge >= 0.3 is 5.97 Å². The zero-order valence-corrected chi connectivity index (χ0v) is 9.73. The third kappa shape index (κ3) is 2.15. The lowest BCUT2D eigenvalue weighted by Crippen LogP contribution is -2.12. The van der Waals surface area contributed by atoms with Crippen molar-refractivity contribution < 1.29 is 19.1 Å². The SMILES string of the molecule is COC(=O)CC=Cc1cccc2c1NC(=O)C2=O. The van der Waals surface area contributed by atoms with Gasteiger partial charge in [0.15, 0.2) is 0 Å². The minimum Gasteiger partial charge on any atom is -0.469 e. The van der Waals surface area contributed by atoms with Crippen LogP contribution in [-0.2, 0) is 14.3 Å². The largest absolute Gasteiger partial charge is 0.469 e. The Bertz CT molecular complexity index is 560. The summed E-state index contributed by atoms with van der Waals surface area (Å²) >= 11 is 0. The Balaban J connectivity index is 2.24. The number of Topliss-reactive ketones (excluding diaryl/α,β-unsaturated/α-hetero) is 1. The Hall–Kier alpha value is -2.43. The van der Waals surface area contributed by atoms with Gasteiger partial charge in [-0.15, -0.1) is 0 Å². The van der Waals surface area contributed by atoms with Crippen molar-refractivity contribution in [2.24, 2.45) is 0 Å². The van der Waals surface area contributed by atoms with Crippen LogP contribution in [0.1, 0.15) is 22.3 Å². The van der Waals surface area contributed by atoms with Crippen LogP contribution < -0.4 is 5.32 Å². The van der Waals surface area contributed by atoms with Crippen LogP contribution in [0.3, 0.4) is 0 Å². The van der Waals surface area contributed by atoms with E-state index in [9.17, 15) is 14.4 Å². The molecular weight excluding hydrogens is 234 g/mol. The molecule has 0 aliphatic carbocycles. The Morgan fingerprint density at radius 3 is 2.89 bits per heavy atom. The number of ketones is 1. The second-order valence-corrected chi connectivity index (χ2v) is 3.74. The monoisotopic (exact) mass is 245 g/mol. The lowest BCUT2D eigenvalue weighted by Gasteiger charge is -2.02. The van der Waals surface area contributed by atoms with E-state index in [-0.39, 0.29) is 12.4 Å². The first kappa shape index (κ1) is 12.0. The molecular formula is C13H11NO4. The van der Waals surface area contributed by atoms with Gasteiger partial charge in [0.25, 0.3) is 11.7 Å². The van der Waals surface area contributed by atoms with Crippen molar-refractivity contribution in [3.8, 4) is 0 Å². The van der Waals surface area contributed by atoms with Crippen molar-refractivity contribution in [1.82, 2.24) is 0 Å². The van der Waals surface area contributed by atoms with Crippen LogP contribution in [0.5, 0.6) is 0 Å². The molecule has 0 unspecified atom stereocenters. The third-order valence-corrected chi connectivity index (χ3v) is 2.60. The highest BCUT2D eigenvalue weighted by Gasteiger charge is 2.28. The Kier molecular flexibility index (Phi) is 3.23. The van der Waals surface area contributed by atoms with Crippen molar-refractivity contribution in [3.05, 3.63) is 35.4 Å². The lowest BCUT2D eigenvalue weighted by molar-refractivity contribution is -0.139. The first-order chi connectivity index (χ1) is 8.63. The summed E-state index contributed by atoms with van der Waals surface area (Å²) in [5.41, 5.74) is 1.55. The molecule has 0 saturated carbocycles. The highest BCUT2D eigenvalue weighted by atomic mass is 16.5. The molecule has 0 atom stereocenters. The van der Waals surface area contributed by atoms with Crippen molar-refractivity contribution in [1.29, 1.82) is 0 Å². The van der Waals surface area contributed by atoms with Crippen LogP contribution in [0.2, 0.25) is 0 Å². The summed E-state index contributed by atoms with van der Waals surface area (Å²) in [5, 5.41) is 2.51. The lowest BCUT2D eigenvalue weighted by atomic mass is 10.1. The molecule has 1 amide bonds. The van der Waals surface area contributed by atoms with E-state index < -0.39 is 11.7 Å². The number of anilines is 1. The zero-order chi connectivity index (χ0) is 13.1. The maximum absolute atomic E-state index is 11.5. The van der Waals surface area contributed by atoms with Crippen LogP contribution >= 0.6 is 0 Å². The predicted octanol–water partition coefficient (Wildman–Crippen LogP) is 1.40. The van der Waals surface area contributed by atoms with Gasteiger partial charge in [0.2, 0.25) is 0 Å². The first-order valence-corrected chi connectivity index (χ1v) is 5.35. The highest BCUT2D eigenvalue weighted by Crippen LogP contribution is 2.28. The quantitative estimate of drug-likeness (QED) is 0.645. The highest BCUT2D eigenvalue weighted by molar-refractivity contribution is 6.52. The number of nitrogens with one attached hydrogen (secondary N) is 1. The fourth-order valence-corrected chi connectivity index (χ4v) is 1.70. The molecule has 1 aromatic rings. The van der Waals surface area contributed by atoms with Crippen molar-refractivity contribution >= 4 is 29.4 Å². The van der Waals surface area contributed by atoms with E-state index in [0.717, 1.165) is 0 Å². The van der Waals surface area contributed by atoms with Gasteiger partial charge in [-0.3, -0.25) is 14.4 Å². The second-order valence-electron chi connectivity index (χ2n) is 3.74. The number of benzene rings is 1. The maximum Gasteiger partial charge on any atom is 0.309 e. The Labute approximate surface area is 103 Å². The van der Waals surface area contributed by atoms with Gasteiger partial charge in [-0.25, -0.2) is 0 Å². The summed E-state index contributed by atoms with van der Waals surface area (Å²) in [6, 6.07) is 5.04. The molecule has 18 heavy (non-hydrogen) atoms. The molecule has 0 bridgehead atoms. The van der Waals surface area contributed by atoms with Crippen molar-refractivity contribution in [2.75, 3.05) is 12.4 Å². The van der Waals surface area contributed by atoms with Crippen LogP contribution in [0, 0.1) is 0 Å². The zero-order valence-electron chi connectivity index (χ0n) is 9.73. The average molecular weight is 245 g/mol. The number of esters is 1. The molecule has 1 aliphatic heterocycles. The molecule has 0 spiro atoms. The van der Waals surface area contributed by atoms with E-state index in [1.54, 1.807) is 30.4 Å². The predicted molar refractivity (Wildman–Crippen MR) is 65.1 cm³/mol. The molecule has 5 heteroatoms. The molecule has 1 aromatic carbocycles. The summed E-state index contributed by atoms with van der Waals surface area (Å²) in [4.78, 5) is 33.7. The van der Waals surface area contributed by atoms with Crippen LogP contribution in [-0.4, -0.2) is 24.8 Å². The molecule has 0 radical (unpaired) electrons. The minimum atomic E-state index is -0.626. The topological polar surface area (TPSA) is 72.5 Å². The number of hydrogen-bond acceptors (Lipinski definition) is 4.